The molecule has 158 valence electrons. The van der Waals surface area contributed by atoms with E-state index >= 15 is 0 Å². The molecule has 3 heterocycles. The van der Waals surface area contributed by atoms with Gasteiger partial charge in [0.1, 0.15) is 5.75 Å². The summed E-state index contributed by atoms with van der Waals surface area (Å²) >= 11 is 0. The standard InChI is InChI=1S/C23H23N5O3/c1-14-8-4-5-9-16(14)13-27-21(30)19-20(25(3)23(27)31)24-22-26(19)12-15(2)28(22)17-10-6-7-11-18(17)29/h4-12,19-20,29H,13H2,1-3H3. The molecule has 2 aromatic carbocycles. The Kier molecular flexibility index (Phi) is 4.25. The number of phenols is 1. The molecule has 1 saturated heterocycles. The topological polar surface area (TPSA) is 79.7 Å². The van der Waals surface area contributed by atoms with Gasteiger partial charge in [-0.15, -0.1) is 0 Å². The number of para-hydroxylation sites is 2. The summed E-state index contributed by atoms with van der Waals surface area (Å²) in [5.41, 5.74) is 3.36. The molecular formula is C23H23N5O3. The first-order valence-electron chi connectivity index (χ1n) is 10.1. The second-order valence-electron chi connectivity index (χ2n) is 8.03. The SMILES string of the molecule is CC1=CN2C(=NC3C2C(=O)N(Cc2ccccc2C)C(=O)N3C)N1c1ccccc1O. The third-order valence-corrected chi connectivity index (χ3v) is 6.10. The number of allylic oxidation sites excluding steroid dienone is 1. The number of carbonyl (C=O) groups is 2. The number of hydrogen-bond acceptors (Lipinski definition) is 6. The molecule has 0 aromatic heterocycles. The normalized spacial score (nSPS) is 22.5. The molecule has 1 fully saturated rings. The van der Waals surface area contributed by atoms with Gasteiger partial charge in [0.25, 0.3) is 5.91 Å². The average molecular weight is 417 g/mol. The minimum Gasteiger partial charge on any atom is -0.506 e. The Balaban J connectivity index is 1.50. The highest BCUT2D eigenvalue weighted by Crippen LogP contribution is 2.39. The van der Waals surface area contributed by atoms with Crippen LogP contribution in [0.3, 0.4) is 0 Å². The minimum absolute atomic E-state index is 0.117. The van der Waals surface area contributed by atoms with Crippen molar-refractivity contribution in [1.82, 2.24) is 14.7 Å². The Hall–Kier alpha value is -3.81. The first-order valence-corrected chi connectivity index (χ1v) is 10.1. The van der Waals surface area contributed by atoms with Crippen molar-refractivity contribution in [3.8, 4) is 5.75 Å². The fourth-order valence-electron chi connectivity index (χ4n) is 4.41. The van der Waals surface area contributed by atoms with Crippen molar-refractivity contribution >= 4 is 23.6 Å². The van der Waals surface area contributed by atoms with Gasteiger partial charge in [-0.05, 0) is 37.1 Å². The number of hydrogen-bond donors (Lipinski definition) is 1. The van der Waals surface area contributed by atoms with E-state index in [1.54, 1.807) is 25.2 Å². The van der Waals surface area contributed by atoms with Crippen molar-refractivity contribution in [3.05, 3.63) is 71.6 Å². The van der Waals surface area contributed by atoms with Crippen molar-refractivity contribution in [2.24, 2.45) is 4.99 Å². The van der Waals surface area contributed by atoms with Gasteiger partial charge in [0.15, 0.2) is 12.2 Å². The van der Waals surface area contributed by atoms with Crippen molar-refractivity contribution in [2.75, 3.05) is 11.9 Å². The lowest BCUT2D eigenvalue weighted by molar-refractivity contribution is -0.137. The first-order chi connectivity index (χ1) is 14.9. The fraction of sp³-hybridized carbons (Fsp3) is 0.261. The predicted molar refractivity (Wildman–Crippen MR) is 116 cm³/mol. The summed E-state index contributed by atoms with van der Waals surface area (Å²) in [7, 11) is 1.67. The molecule has 0 radical (unpaired) electrons. The molecule has 3 aliphatic heterocycles. The van der Waals surface area contributed by atoms with E-state index in [0.717, 1.165) is 16.8 Å². The molecule has 2 aromatic rings. The van der Waals surface area contributed by atoms with Gasteiger partial charge in [-0.2, -0.15) is 0 Å². The molecule has 31 heavy (non-hydrogen) atoms. The van der Waals surface area contributed by atoms with E-state index in [9.17, 15) is 14.7 Å². The number of fused-ring (bicyclic) bond motifs is 3. The van der Waals surface area contributed by atoms with Crippen molar-refractivity contribution in [1.29, 1.82) is 0 Å². The summed E-state index contributed by atoms with van der Waals surface area (Å²) in [5.74, 6) is 0.365. The zero-order valence-corrected chi connectivity index (χ0v) is 17.6. The van der Waals surface area contributed by atoms with Gasteiger partial charge < -0.3 is 14.9 Å². The first kappa shape index (κ1) is 19.2. The summed E-state index contributed by atoms with van der Waals surface area (Å²) in [6.07, 6.45) is 1.23. The molecule has 3 amide bonds. The van der Waals surface area contributed by atoms with Gasteiger partial charge in [0, 0.05) is 18.9 Å². The van der Waals surface area contributed by atoms with Crippen LogP contribution in [0.1, 0.15) is 18.1 Å². The van der Waals surface area contributed by atoms with Gasteiger partial charge in [-0.25, -0.2) is 9.79 Å². The van der Waals surface area contributed by atoms with Crippen LogP contribution in [0.25, 0.3) is 0 Å². The number of aryl methyl sites for hydroxylation is 1. The van der Waals surface area contributed by atoms with Crippen LogP contribution in [0, 0.1) is 6.92 Å². The van der Waals surface area contributed by atoms with Crippen LogP contribution in [-0.4, -0.2) is 57.0 Å². The summed E-state index contributed by atoms with van der Waals surface area (Å²) in [6, 6.07) is 13.7. The molecule has 0 aliphatic carbocycles. The minimum atomic E-state index is -0.646. The molecule has 5 rings (SSSR count). The number of rotatable bonds is 3. The van der Waals surface area contributed by atoms with Crippen LogP contribution in [0.15, 0.2) is 65.4 Å². The molecule has 3 aliphatic rings. The quantitative estimate of drug-likeness (QED) is 0.831. The van der Waals surface area contributed by atoms with Crippen LogP contribution in [0.4, 0.5) is 10.5 Å². The summed E-state index contributed by atoms with van der Waals surface area (Å²) in [5, 5.41) is 10.4. The zero-order chi connectivity index (χ0) is 21.9. The summed E-state index contributed by atoms with van der Waals surface area (Å²) in [6.45, 7) is 4.08. The van der Waals surface area contributed by atoms with E-state index in [1.165, 1.54) is 9.80 Å². The lowest BCUT2D eigenvalue weighted by Crippen LogP contribution is -2.63. The van der Waals surface area contributed by atoms with E-state index in [4.69, 9.17) is 4.99 Å². The van der Waals surface area contributed by atoms with E-state index in [2.05, 4.69) is 0 Å². The van der Waals surface area contributed by atoms with Crippen molar-refractivity contribution < 1.29 is 14.7 Å². The van der Waals surface area contributed by atoms with Gasteiger partial charge in [0.05, 0.1) is 12.2 Å². The largest absolute Gasteiger partial charge is 0.506 e. The van der Waals surface area contributed by atoms with Gasteiger partial charge in [0.2, 0.25) is 5.96 Å². The second-order valence-corrected chi connectivity index (χ2v) is 8.03. The monoisotopic (exact) mass is 417 g/mol. The predicted octanol–water partition coefficient (Wildman–Crippen LogP) is 2.84. The molecule has 2 unspecified atom stereocenters. The number of carbonyl (C=O) groups excluding carboxylic acids is 2. The lowest BCUT2D eigenvalue weighted by Gasteiger charge is -2.40. The maximum Gasteiger partial charge on any atom is 0.328 e. The highest BCUT2D eigenvalue weighted by atomic mass is 16.3. The molecule has 0 saturated carbocycles. The molecule has 0 spiro atoms. The highest BCUT2D eigenvalue weighted by Gasteiger charge is 2.54. The second kappa shape index (κ2) is 6.87. The fourth-order valence-corrected chi connectivity index (χ4v) is 4.41. The number of aliphatic imine (C=N–C) groups is 1. The number of benzene rings is 2. The van der Waals surface area contributed by atoms with Crippen molar-refractivity contribution in [3.63, 3.8) is 0 Å². The number of guanidine groups is 1. The van der Waals surface area contributed by atoms with Crippen LogP contribution in [0.5, 0.6) is 5.75 Å². The average Bonchev–Trinajstić information content (AvgIpc) is 3.26. The van der Waals surface area contributed by atoms with Gasteiger partial charge >= 0.3 is 6.03 Å². The van der Waals surface area contributed by atoms with Gasteiger partial charge in [-0.3, -0.25) is 14.6 Å². The molecule has 1 N–H and O–H groups in total. The Labute approximate surface area is 180 Å². The molecule has 2 atom stereocenters. The third kappa shape index (κ3) is 2.78. The Morgan fingerprint density at radius 1 is 1.03 bits per heavy atom. The van der Waals surface area contributed by atoms with Crippen molar-refractivity contribution in [2.45, 2.75) is 32.6 Å². The number of likely N-dealkylation sites (N-methyl/N-ethyl adjacent to an activating group) is 1. The van der Waals surface area contributed by atoms with Crippen LogP contribution < -0.4 is 4.90 Å². The number of aromatic hydroxyl groups is 1. The number of amides is 3. The van der Waals surface area contributed by atoms with Crippen LogP contribution in [-0.2, 0) is 11.3 Å². The van der Waals surface area contributed by atoms with E-state index in [1.807, 2.05) is 60.2 Å². The van der Waals surface area contributed by atoms with E-state index in [-0.39, 0.29) is 24.2 Å². The summed E-state index contributed by atoms with van der Waals surface area (Å²) in [4.78, 5) is 37.7. The molecule has 0 bridgehead atoms. The smallest absolute Gasteiger partial charge is 0.328 e. The molecule has 8 heteroatoms. The number of phenolic OH excluding ortho intramolecular Hbond substituents is 1. The Morgan fingerprint density at radius 3 is 2.48 bits per heavy atom. The third-order valence-electron chi connectivity index (χ3n) is 6.10. The Morgan fingerprint density at radius 2 is 1.74 bits per heavy atom. The number of urea groups is 1. The lowest BCUT2D eigenvalue weighted by atomic mass is 10.1. The highest BCUT2D eigenvalue weighted by molar-refractivity contribution is 6.10. The van der Waals surface area contributed by atoms with Crippen LogP contribution in [0.2, 0.25) is 0 Å². The maximum atomic E-state index is 13.5. The van der Waals surface area contributed by atoms with Crippen LogP contribution >= 0.6 is 0 Å². The molecule has 8 nitrogen and oxygen atoms in total. The zero-order valence-electron chi connectivity index (χ0n) is 17.6. The number of anilines is 1. The number of nitrogens with zero attached hydrogens (tertiary/aromatic N) is 5. The van der Waals surface area contributed by atoms with E-state index in [0.29, 0.717) is 11.6 Å². The summed E-state index contributed by atoms with van der Waals surface area (Å²) < 4.78 is 0. The maximum absolute atomic E-state index is 13.5. The van der Waals surface area contributed by atoms with E-state index < -0.39 is 12.2 Å². The van der Waals surface area contributed by atoms with Gasteiger partial charge in [-0.1, -0.05) is 36.4 Å². The Bertz CT molecular complexity index is 1160. The number of imide groups is 1. The molecular weight excluding hydrogens is 394 g/mol.